The van der Waals surface area contributed by atoms with Gasteiger partial charge in [-0.25, -0.2) is 0 Å². The second kappa shape index (κ2) is 3.04. The zero-order valence-electron chi connectivity index (χ0n) is 6.69. The highest BCUT2D eigenvalue weighted by Gasteiger charge is 2.61. The number of nitrogens with zero attached hydrogens (tertiary/aromatic N) is 1. The number of rotatable bonds is 1. The van der Waals surface area contributed by atoms with Gasteiger partial charge in [-0.1, -0.05) is 0 Å². The Labute approximate surface area is 79.0 Å². The maximum absolute atomic E-state index is 12.6. The minimum absolute atomic E-state index is 0.0797. The lowest BCUT2D eigenvalue weighted by Crippen LogP contribution is -2.33. The predicted octanol–water partition coefficient (Wildman–Crippen LogP) is 2.81. The second-order valence-corrected chi connectivity index (χ2v) is 3.67. The molecule has 1 rings (SSSR count). The lowest BCUT2D eigenvalue weighted by Gasteiger charge is -2.16. The van der Waals surface area contributed by atoms with E-state index < -0.39 is 23.0 Å². The van der Waals surface area contributed by atoms with Crippen LogP contribution in [0.15, 0.2) is 0 Å². The maximum Gasteiger partial charge on any atom is 0.460 e. The van der Waals surface area contributed by atoms with Gasteiger partial charge in [-0.15, -0.1) is 11.3 Å². The summed E-state index contributed by atoms with van der Waals surface area (Å²) in [7, 11) is 0. The Morgan fingerprint density at radius 1 is 1.21 bits per heavy atom. The van der Waals surface area contributed by atoms with Crippen LogP contribution < -0.4 is 0 Å². The Kier molecular flexibility index (Phi) is 2.42. The molecule has 0 aliphatic rings. The van der Waals surface area contributed by atoms with Gasteiger partial charge in [0.15, 0.2) is 5.01 Å². The molecule has 1 aromatic heterocycles. The minimum atomic E-state index is -5.69. The van der Waals surface area contributed by atoms with Gasteiger partial charge >= 0.3 is 12.1 Å². The Hall–Kier alpha value is -0.920. The predicted molar refractivity (Wildman–Crippen MR) is 38.5 cm³/mol. The van der Waals surface area contributed by atoms with Crippen molar-refractivity contribution in [3.8, 4) is 5.88 Å². The molecule has 0 amide bonds. The van der Waals surface area contributed by atoms with Crippen molar-refractivity contribution in [2.45, 2.75) is 19.0 Å². The molecule has 80 valence electrons. The quantitative estimate of drug-likeness (QED) is 0.756. The van der Waals surface area contributed by atoms with Crippen LogP contribution in [0.2, 0.25) is 0 Å². The number of hydrogen-bond donors (Lipinski definition) is 1. The molecule has 0 saturated heterocycles. The number of alkyl halides is 5. The van der Waals surface area contributed by atoms with Gasteiger partial charge in [-0.05, 0) is 6.92 Å². The number of aromatic hydroxyl groups is 1. The van der Waals surface area contributed by atoms with Crippen molar-refractivity contribution >= 4 is 11.3 Å². The number of thiazole rings is 1. The Morgan fingerprint density at radius 3 is 2.00 bits per heavy atom. The first-order valence-corrected chi connectivity index (χ1v) is 4.09. The van der Waals surface area contributed by atoms with Crippen LogP contribution in [0.25, 0.3) is 0 Å². The highest BCUT2D eigenvalue weighted by Crippen LogP contribution is 2.46. The third-order valence-corrected chi connectivity index (χ3v) is 2.43. The minimum Gasteiger partial charge on any atom is -0.492 e. The summed E-state index contributed by atoms with van der Waals surface area (Å²) in [4.78, 5) is 2.67. The Morgan fingerprint density at radius 2 is 1.71 bits per heavy atom. The lowest BCUT2D eigenvalue weighted by atomic mass is 10.3. The van der Waals surface area contributed by atoms with E-state index >= 15 is 0 Å². The summed E-state index contributed by atoms with van der Waals surface area (Å²) in [6.45, 7) is 1.20. The van der Waals surface area contributed by atoms with Crippen molar-refractivity contribution < 1.29 is 27.1 Å². The molecule has 0 fully saturated rings. The van der Waals surface area contributed by atoms with Gasteiger partial charge in [-0.3, -0.25) is 0 Å². The van der Waals surface area contributed by atoms with Crippen molar-refractivity contribution in [3.05, 3.63) is 9.88 Å². The van der Waals surface area contributed by atoms with Crippen LogP contribution in [0.5, 0.6) is 5.88 Å². The molecule has 0 bridgehead atoms. The summed E-state index contributed by atoms with van der Waals surface area (Å²) in [5.41, 5.74) is 0. The fourth-order valence-electron chi connectivity index (χ4n) is 0.644. The van der Waals surface area contributed by atoms with E-state index in [1.165, 1.54) is 6.92 Å². The van der Waals surface area contributed by atoms with Crippen LogP contribution in [0.3, 0.4) is 0 Å². The Bertz CT molecular complexity index is 325. The molecular formula is C6H4F5NOS. The van der Waals surface area contributed by atoms with Gasteiger partial charge in [0.2, 0.25) is 5.88 Å². The van der Waals surface area contributed by atoms with Gasteiger partial charge in [0.1, 0.15) is 0 Å². The summed E-state index contributed by atoms with van der Waals surface area (Å²) >= 11 is 0.117. The number of aromatic nitrogens is 1. The van der Waals surface area contributed by atoms with Crippen LogP contribution in [-0.4, -0.2) is 16.3 Å². The van der Waals surface area contributed by atoms with Crippen LogP contribution in [-0.2, 0) is 5.92 Å². The molecule has 8 heteroatoms. The van der Waals surface area contributed by atoms with Crippen LogP contribution in [0.1, 0.15) is 9.88 Å². The van der Waals surface area contributed by atoms with Gasteiger partial charge in [0.25, 0.3) is 0 Å². The van der Waals surface area contributed by atoms with Gasteiger partial charge in [-0.2, -0.15) is 26.9 Å². The molecule has 1 aromatic rings. The van der Waals surface area contributed by atoms with E-state index in [9.17, 15) is 22.0 Å². The molecule has 0 aliphatic carbocycles. The smallest absolute Gasteiger partial charge is 0.460 e. The fraction of sp³-hybridized carbons (Fsp3) is 0.500. The van der Waals surface area contributed by atoms with E-state index in [2.05, 4.69) is 4.98 Å². The maximum atomic E-state index is 12.6. The lowest BCUT2D eigenvalue weighted by molar-refractivity contribution is -0.289. The normalized spacial score (nSPS) is 13.3. The van der Waals surface area contributed by atoms with E-state index in [1.807, 2.05) is 0 Å². The third-order valence-electron chi connectivity index (χ3n) is 1.40. The van der Waals surface area contributed by atoms with E-state index in [0.29, 0.717) is 0 Å². The van der Waals surface area contributed by atoms with Gasteiger partial charge in [0.05, 0.1) is 4.88 Å². The highest BCUT2D eigenvalue weighted by molar-refractivity contribution is 7.12. The molecule has 0 atom stereocenters. The second-order valence-electron chi connectivity index (χ2n) is 2.47. The summed E-state index contributed by atoms with van der Waals surface area (Å²) in [5, 5.41) is 7.32. The molecule has 0 radical (unpaired) electrons. The summed E-state index contributed by atoms with van der Waals surface area (Å²) in [6, 6.07) is 0. The molecule has 0 aromatic carbocycles. The van der Waals surface area contributed by atoms with Crippen molar-refractivity contribution in [3.63, 3.8) is 0 Å². The first kappa shape index (κ1) is 11.2. The van der Waals surface area contributed by atoms with Crippen molar-refractivity contribution in [2.24, 2.45) is 0 Å². The zero-order valence-corrected chi connectivity index (χ0v) is 7.51. The zero-order chi connectivity index (χ0) is 11.1. The first-order valence-electron chi connectivity index (χ1n) is 3.27. The number of aryl methyl sites for hydroxylation is 1. The molecule has 0 aliphatic heterocycles. The molecule has 1 N–H and O–H groups in total. The molecule has 2 nitrogen and oxygen atoms in total. The summed E-state index contributed by atoms with van der Waals surface area (Å²) < 4.78 is 60.5. The van der Waals surface area contributed by atoms with E-state index in [0.717, 1.165) is 0 Å². The number of halogens is 5. The molecule has 14 heavy (non-hydrogen) atoms. The van der Waals surface area contributed by atoms with Crippen molar-refractivity contribution in [2.75, 3.05) is 0 Å². The molecule has 0 unspecified atom stereocenters. The molecule has 0 saturated carbocycles. The summed E-state index contributed by atoms with van der Waals surface area (Å²) in [5.74, 6) is -5.81. The number of hydrogen-bond acceptors (Lipinski definition) is 3. The molecule has 1 heterocycles. The monoisotopic (exact) mass is 233 g/mol. The van der Waals surface area contributed by atoms with Crippen molar-refractivity contribution in [1.29, 1.82) is 0 Å². The Balaban J connectivity index is 3.16. The first-order chi connectivity index (χ1) is 6.16. The molecule has 0 spiro atoms. The van der Waals surface area contributed by atoms with Crippen LogP contribution >= 0.6 is 11.3 Å². The van der Waals surface area contributed by atoms with E-state index in [-0.39, 0.29) is 16.2 Å². The average molecular weight is 233 g/mol. The average Bonchev–Trinajstić information content (AvgIpc) is 2.30. The third kappa shape index (κ3) is 1.66. The van der Waals surface area contributed by atoms with Gasteiger partial charge < -0.3 is 5.11 Å². The van der Waals surface area contributed by atoms with Gasteiger partial charge in [0, 0.05) is 0 Å². The fourth-order valence-corrected chi connectivity index (χ4v) is 1.45. The highest BCUT2D eigenvalue weighted by atomic mass is 32.1. The largest absolute Gasteiger partial charge is 0.492 e. The van der Waals surface area contributed by atoms with E-state index in [1.54, 1.807) is 0 Å². The SMILES string of the molecule is Cc1sc(C(F)(F)C(F)(F)F)nc1O. The van der Waals surface area contributed by atoms with E-state index in [4.69, 9.17) is 5.11 Å². The van der Waals surface area contributed by atoms with Crippen LogP contribution in [0, 0.1) is 6.92 Å². The standard InChI is InChI=1S/C6H4F5NOS/c1-2-3(13)12-4(14-2)5(7,8)6(9,10)11/h13H,1H3. The topological polar surface area (TPSA) is 33.1 Å². The van der Waals surface area contributed by atoms with Crippen LogP contribution in [0.4, 0.5) is 22.0 Å². The van der Waals surface area contributed by atoms with Crippen molar-refractivity contribution in [1.82, 2.24) is 4.98 Å². The summed E-state index contributed by atoms with van der Waals surface area (Å²) in [6.07, 6.45) is -5.69. The molecular weight excluding hydrogens is 229 g/mol.